The average Bonchev–Trinajstić information content (AvgIpc) is 3.00. The third kappa shape index (κ3) is 3.44. The molecular formula is C16H14F4N2O. The fraction of sp³-hybridized carbons (Fsp3) is 0.312. The molecule has 1 N–H and O–H groups in total. The van der Waals surface area contributed by atoms with Gasteiger partial charge in [-0.2, -0.15) is 0 Å². The maximum Gasteiger partial charge on any atom is 0.191 e. The Morgan fingerprint density at radius 2 is 1.78 bits per heavy atom. The number of nitrogens with one attached hydrogen (secondary N) is 1. The summed E-state index contributed by atoms with van der Waals surface area (Å²) in [6, 6.07) is 2.31. The van der Waals surface area contributed by atoms with Crippen LogP contribution < -0.4 is 10.1 Å². The number of pyridine rings is 1. The minimum Gasteiger partial charge on any atom is -0.479 e. The van der Waals surface area contributed by atoms with Crippen molar-refractivity contribution in [3.63, 3.8) is 0 Å². The molecule has 0 amide bonds. The van der Waals surface area contributed by atoms with Gasteiger partial charge in [-0.05, 0) is 19.0 Å². The molecule has 1 fully saturated rings. The van der Waals surface area contributed by atoms with E-state index in [9.17, 15) is 17.6 Å². The highest BCUT2D eigenvalue weighted by Crippen LogP contribution is 2.34. The number of halogens is 4. The molecule has 23 heavy (non-hydrogen) atoms. The van der Waals surface area contributed by atoms with Gasteiger partial charge in [-0.15, -0.1) is 0 Å². The van der Waals surface area contributed by atoms with E-state index in [0.29, 0.717) is 30.7 Å². The molecule has 1 aromatic heterocycles. The lowest BCUT2D eigenvalue weighted by Crippen LogP contribution is -2.22. The fourth-order valence-electron chi connectivity index (χ4n) is 2.72. The molecule has 0 spiro atoms. The third-order valence-electron chi connectivity index (χ3n) is 3.79. The second kappa shape index (κ2) is 6.54. The summed E-state index contributed by atoms with van der Waals surface area (Å²) in [6.07, 6.45) is 2.34. The maximum atomic E-state index is 13.8. The number of ether oxygens (including phenoxy) is 1. The first-order chi connectivity index (χ1) is 11.0. The Hall–Kier alpha value is -2.15. The molecule has 122 valence electrons. The summed E-state index contributed by atoms with van der Waals surface area (Å²) >= 11 is 0. The highest BCUT2D eigenvalue weighted by atomic mass is 19.1. The van der Waals surface area contributed by atoms with Gasteiger partial charge in [0.05, 0.1) is 6.20 Å². The van der Waals surface area contributed by atoms with Crippen LogP contribution in [-0.2, 0) is 0 Å². The van der Waals surface area contributed by atoms with Crippen LogP contribution in [-0.4, -0.2) is 18.1 Å². The van der Waals surface area contributed by atoms with Crippen LogP contribution in [0.1, 0.15) is 18.1 Å². The minimum atomic E-state index is -1.14. The molecule has 1 aliphatic rings. The van der Waals surface area contributed by atoms with Crippen molar-refractivity contribution in [3.8, 4) is 5.75 Å². The van der Waals surface area contributed by atoms with Crippen molar-refractivity contribution >= 4 is 0 Å². The predicted octanol–water partition coefficient (Wildman–Crippen LogP) is 3.37. The molecule has 0 bridgehead atoms. The van der Waals surface area contributed by atoms with E-state index in [-0.39, 0.29) is 5.92 Å². The van der Waals surface area contributed by atoms with Crippen LogP contribution in [0.2, 0.25) is 0 Å². The van der Waals surface area contributed by atoms with E-state index < -0.39 is 35.1 Å². The van der Waals surface area contributed by atoms with E-state index in [0.717, 1.165) is 12.7 Å². The molecule has 0 radical (unpaired) electrons. The first-order valence-corrected chi connectivity index (χ1v) is 7.17. The topological polar surface area (TPSA) is 34.1 Å². The van der Waals surface area contributed by atoms with Crippen LogP contribution >= 0.6 is 0 Å². The highest BCUT2D eigenvalue weighted by molar-refractivity contribution is 5.29. The Morgan fingerprint density at radius 1 is 1.04 bits per heavy atom. The van der Waals surface area contributed by atoms with Crippen LogP contribution in [0.25, 0.3) is 0 Å². The minimum absolute atomic E-state index is 0.109. The molecule has 0 saturated carbocycles. The number of benzene rings is 1. The quantitative estimate of drug-likeness (QED) is 0.875. The molecule has 2 atom stereocenters. The van der Waals surface area contributed by atoms with Gasteiger partial charge >= 0.3 is 0 Å². The van der Waals surface area contributed by atoms with Crippen molar-refractivity contribution in [3.05, 3.63) is 59.4 Å². The van der Waals surface area contributed by atoms with Gasteiger partial charge in [0.15, 0.2) is 17.4 Å². The van der Waals surface area contributed by atoms with Crippen molar-refractivity contribution in [1.29, 1.82) is 0 Å². The molecule has 7 heteroatoms. The summed E-state index contributed by atoms with van der Waals surface area (Å²) in [5.41, 5.74) is 0.377. The molecule has 1 aromatic carbocycles. The second-order valence-corrected chi connectivity index (χ2v) is 5.43. The van der Waals surface area contributed by atoms with Gasteiger partial charge in [0.2, 0.25) is 0 Å². The van der Waals surface area contributed by atoms with E-state index in [4.69, 9.17) is 4.74 Å². The van der Waals surface area contributed by atoms with Gasteiger partial charge in [0.25, 0.3) is 0 Å². The van der Waals surface area contributed by atoms with Crippen molar-refractivity contribution in [2.45, 2.75) is 12.5 Å². The summed E-state index contributed by atoms with van der Waals surface area (Å²) in [5.74, 6) is -4.65. The Balaban J connectivity index is 1.96. The highest BCUT2D eigenvalue weighted by Gasteiger charge is 2.30. The monoisotopic (exact) mass is 326 g/mol. The Labute approximate surface area is 130 Å². The Kier molecular flexibility index (Phi) is 4.47. The standard InChI is InChI=1S/C16H14F4N2O/c17-11-4-13(19)16(14(20)5-11)23-15(9-1-2-21-6-9)10-3-12(18)8-22-7-10/h3-5,7-9,15,21H,1-2,6H2/t9-,15+/m1/s1. The van der Waals surface area contributed by atoms with Gasteiger partial charge in [0, 0.05) is 36.4 Å². The zero-order chi connectivity index (χ0) is 16.4. The van der Waals surface area contributed by atoms with E-state index >= 15 is 0 Å². The summed E-state index contributed by atoms with van der Waals surface area (Å²) in [5, 5.41) is 3.12. The van der Waals surface area contributed by atoms with Crippen molar-refractivity contribution in [2.75, 3.05) is 13.1 Å². The van der Waals surface area contributed by atoms with E-state index in [1.54, 1.807) is 0 Å². The van der Waals surface area contributed by atoms with Crippen LogP contribution in [0.4, 0.5) is 17.6 Å². The molecule has 1 aliphatic heterocycles. The number of hydrogen-bond donors (Lipinski definition) is 1. The number of rotatable bonds is 4. The van der Waals surface area contributed by atoms with Crippen LogP contribution in [0, 0.1) is 29.2 Å². The molecule has 0 aliphatic carbocycles. The van der Waals surface area contributed by atoms with E-state index in [2.05, 4.69) is 10.3 Å². The molecule has 3 rings (SSSR count). The van der Waals surface area contributed by atoms with Crippen molar-refractivity contribution in [1.82, 2.24) is 10.3 Å². The molecule has 1 saturated heterocycles. The normalized spacial score (nSPS) is 18.9. The van der Waals surface area contributed by atoms with Gasteiger partial charge in [-0.25, -0.2) is 17.6 Å². The molecular weight excluding hydrogens is 312 g/mol. The zero-order valence-electron chi connectivity index (χ0n) is 12.0. The first kappa shape index (κ1) is 15.7. The maximum absolute atomic E-state index is 13.8. The van der Waals surface area contributed by atoms with Crippen molar-refractivity contribution < 1.29 is 22.3 Å². The van der Waals surface area contributed by atoms with Crippen LogP contribution in [0.5, 0.6) is 5.75 Å². The van der Waals surface area contributed by atoms with Gasteiger partial charge in [-0.1, -0.05) is 0 Å². The average molecular weight is 326 g/mol. The summed E-state index contributed by atoms with van der Waals surface area (Å²) < 4.78 is 59.6. The largest absolute Gasteiger partial charge is 0.479 e. The fourth-order valence-corrected chi connectivity index (χ4v) is 2.72. The molecule has 2 aromatic rings. The lowest BCUT2D eigenvalue weighted by atomic mass is 9.95. The molecule has 2 heterocycles. The van der Waals surface area contributed by atoms with Crippen LogP contribution in [0.3, 0.4) is 0 Å². The lowest BCUT2D eigenvalue weighted by molar-refractivity contribution is 0.130. The molecule has 3 nitrogen and oxygen atoms in total. The Bertz CT molecular complexity index is 681. The van der Waals surface area contributed by atoms with Crippen molar-refractivity contribution in [2.24, 2.45) is 5.92 Å². The van der Waals surface area contributed by atoms with E-state index in [1.807, 2.05) is 0 Å². The Morgan fingerprint density at radius 3 is 2.39 bits per heavy atom. The smallest absolute Gasteiger partial charge is 0.191 e. The first-order valence-electron chi connectivity index (χ1n) is 7.17. The van der Waals surface area contributed by atoms with Gasteiger partial charge in [0.1, 0.15) is 17.7 Å². The zero-order valence-corrected chi connectivity index (χ0v) is 12.0. The van der Waals surface area contributed by atoms with Gasteiger partial charge < -0.3 is 10.1 Å². The SMILES string of the molecule is Fc1cncc([C@@H](Oc2c(F)cc(F)cc2F)[C@@H]2CCNC2)c1. The predicted molar refractivity (Wildman–Crippen MR) is 74.9 cm³/mol. The van der Waals surface area contributed by atoms with Gasteiger partial charge in [-0.3, -0.25) is 4.98 Å². The summed E-state index contributed by atoms with van der Waals surface area (Å²) in [7, 11) is 0. The summed E-state index contributed by atoms with van der Waals surface area (Å²) in [4.78, 5) is 3.75. The second-order valence-electron chi connectivity index (χ2n) is 5.43. The number of aromatic nitrogens is 1. The van der Waals surface area contributed by atoms with Crippen LogP contribution in [0.15, 0.2) is 30.6 Å². The molecule has 0 unspecified atom stereocenters. The number of hydrogen-bond acceptors (Lipinski definition) is 3. The third-order valence-corrected chi connectivity index (χ3v) is 3.79. The number of nitrogens with zero attached hydrogens (tertiary/aromatic N) is 1. The van der Waals surface area contributed by atoms with E-state index in [1.165, 1.54) is 12.3 Å². The lowest BCUT2D eigenvalue weighted by Gasteiger charge is -2.25. The summed E-state index contributed by atoms with van der Waals surface area (Å²) in [6.45, 7) is 1.28.